The molecule has 0 spiro atoms. The number of nitrogens with zero attached hydrogens (tertiary/aromatic N) is 2. The van der Waals surface area contributed by atoms with Crippen molar-refractivity contribution in [2.45, 2.75) is 18.9 Å². The molecule has 1 unspecified atom stereocenters. The van der Waals surface area contributed by atoms with Crippen LogP contribution in [0, 0.1) is 0 Å². The number of hydrogen-bond donors (Lipinski definition) is 1. The van der Waals surface area contributed by atoms with Crippen molar-refractivity contribution in [3.8, 4) is 0 Å². The first-order valence-corrected chi connectivity index (χ1v) is 5.80. The van der Waals surface area contributed by atoms with E-state index in [0.29, 0.717) is 6.54 Å². The molecule has 1 amide bonds. The van der Waals surface area contributed by atoms with Crippen molar-refractivity contribution in [3.05, 3.63) is 42.2 Å². The zero-order valence-corrected chi connectivity index (χ0v) is 9.82. The van der Waals surface area contributed by atoms with E-state index in [2.05, 4.69) is 4.98 Å². The van der Waals surface area contributed by atoms with Crippen molar-refractivity contribution in [1.29, 1.82) is 0 Å². The topological polar surface area (TPSA) is 70.5 Å². The molecular weight excluding hydrogens is 232 g/mol. The molecule has 1 aromatic heterocycles. The van der Waals surface area contributed by atoms with Crippen LogP contribution in [0.15, 0.2) is 36.7 Å². The summed E-state index contributed by atoms with van der Waals surface area (Å²) < 4.78 is 0. The summed E-state index contributed by atoms with van der Waals surface area (Å²) in [4.78, 5) is 28.0. The zero-order valence-electron chi connectivity index (χ0n) is 9.82. The normalized spacial score (nSPS) is 19.3. The molecule has 1 aliphatic heterocycles. The van der Waals surface area contributed by atoms with Crippen molar-refractivity contribution < 1.29 is 14.7 Å². The number of carbonyl (C=O) groups is 2. The van der Waals surface area contributed by atoms with Crippen LogP contribution < -0.4 is 0 Å². The maximum Gasteiger partial charge on any atom is 0.328 e. The lowest BCUT2D eigenvalue weighted by Gasteiger charge is -2.23. The monoisotopic (exact) mass is 246 g/mol. The number of aliphatic carboxylic acids is 1. The van der Waals surface area contributed by atoms with Crippen LogP contribution in [0.2, 0.25) is 0 Å². The number of hydrogen-bond acceptors (Lipinski definition) is 3. The van der Waals surface area contributed by atoms with E-state index in [4.69, 9.17) is 5.11 Å². The number of rotatable bonds is 3. The van der Waals surface area contributed by atoms with Gasteiger partial charge in [-0.3, -0.25) is 9.78 Å². The Bertz CT molecular complexity index is 470. The summed E-state index contributed by atoms with van der Waals surface area (Å²) >= 11 is 0. The molecule has 0 saturated carbocycles. The average molecular weight is 246 g/mol. The second kappa shape index (κ2) is 5.44. The van der Waals surface area contributed by atoms with Gasteiger partial charge >= 0.3 is 5.97 Å². The number of aromatic nitrogens is 1. The minimum atomic E-state index is -1.11. The summed E-state index contributed by atoms with van der Waals surface area (Å²) in [6.07, 6.45) is 7.23. The summed E-state index contributed by atoms with van der Waals surface area (Å²) in [7, 11) is 0. The number of carbonyl (C=O) groups excluding carboxylic acids is 1. The molecule has 0 aliphatic carbocycles. The van der Waals surface area contributed by atoms with Gasteiger partial charge in [-0.15, -0.1) is 0 Å². The van der Waals surface area contributed by atoms with E-state index in [9.17, 15) is 9.59 Å². The molecule has 1 aliphatic rings. The van der Waals surface area contributed by atoms with Gasteiger partial charge in [0.25, 0.3) is 0 Å². The Labute approximate surface area is 105 Å². The SMILES string of the molecule is O=C(O)/C=C/C(=O)N1CCCC1c1cccnc1. The summed E-state index contributed by atoms with van der Waals surface area (Å²) in [6.45, 7) is 0.655. The Morgan fingerprint density at radius 2 is 2.28 bits per heavy atom. The van der Waals surface area contributed by atoms with Gasteiger partial charge in [-0.1, -0.05) is 6.07 Å². The predicted octanol–water partition coefficient (Wildman–Crippen LogP) is 1.39. The maximum atomic E-state index is 11.9. The Morgan fingerprint density at radius 3 is 2.94 bits per heavy atom. The van der Waals surface area contributed by atoms with Gasteiger partial charge in [-0.05, 0) is 24.5 Å². The lowest BCUT2D eigenvalue weighted by Crippen LogP contribution is -2.29. The molecule has 5 nitrogen and oxygen atoms in total. The van der Waals surface area contributed by atoms with Gasteiger partial charge in [0, 0.05) is 31.1 Å². The molecule has 0 aromatic carbocycles. The fraction of sp³-hybridized carbons (Fsp3) is 0.308. The van der Waals surface area contributed by atoms with E-state index in [1.54, 1.807) is 17.3 Å². The predicted molar refractivity (Wildman–Crippen MR) is 64.7 cm³/mol. The first-order valence-electron chi connectivity index (χ1n) is 5.80. The third-order valence-corrected chi connectivity index (χ3v) is 2.97. The minimum Gasteiger partial charge on any atom is -0.478 e. The second-order valence-electron chi connectivity index (χ2n) is 4.15. The van der Waals surface area contributed by atoms with Crippen molar-refractivity contribution in [3.63, 3.8) is 0 Å². The highest BCUT2D eigenvalue weighted by Gasteiger charge is 2.28. The number of amides is 1. The molecule has 94 valence electrons. The lowest BCUT2D eigenvalue weighted by atomic mass is 10.1. The highest BCUT2D eigenvalue weighted by Crippen LogP contribution is 2.31. The van der Waals surface area contributed by atoms with E-state index in [1.807, 2.05) is 12.1 Å². The molecule has 1 fully saturated rings. The fourth-order valence-corrected chi connectivity index (χ4v) is 2.19. The molecule has 2 rings (SSSR count). The Kier molecular flexibility index (Phi) is 3.72. The Morgan fingerprint density at radius 1 is 1.44 bits per heavy atom. The van der Waals surface area contributed by atoms with Gasteiger partial charge in [0.05, 0.1) is 6.04 Å². The van der Waals surface area contributed by atoms with Gasteiger partial charge in [0.2, 0.25) is 5.91 Å². The third-order valence-electron chi connectivity index (χ3n) is 2.97. The summed E-state index contributed by atoms with van der Waals surface area (Å²) in [5, 5.41) is 8.52. The van der Waals surface area contributed by atoms with Crippen LogP contribution in [-0.4, -0.2) is 33.4 Å². The van der Waals surface area contributed by atoms with Crippen LogP contribution in [0.4, 0.5) is 0 Å². The Hall–Kier alpha value is -2.17. The van der Waals surface area contributed by atoms with Crippen molar-refractivity contribution in [2.24, 2.45) is 0 Å². The largest absolute Gasteiger partial charge is 0.478 e. The number of pyridine rings is 1. The standard InChI is InChI=1S/C13H14N2O3/c16-12(5-6-13(17)18)15-8-2-4-11(15)10-3-1-7-14-9-10/h1,3,5-7,9,11H,2,4,8H2,(H,17,18)/b6-5+. The van der Waals surface area contributed by atoms with E-state index in [-0.39, 0.29) is 11.9 Å². The quantitative estimate of drug-likeness (QED) is 0.818. The smallest absolute Gasteiger partial charge is 0.328 e. The first-order chi connectivity index (χ1) is 8.68. The molecule has 1 aromatic rings. The fourth-order valence-electron chi connectivity index (χ4n) is 2.19. The number of likely N-dealkylation sites (tertiary alicyclic amines) is 1. The third kappa shape index (κ3) is 2.74. The lowest BCUT2D eigenvalue weighted by molar-refractivity contribution is -0.132. The van der Waals surface area contributed by atoms with Crippen molar-refractivity contribution in [1.82, 2.24) is 9.88 Å². The van der Waals surface area contributed by atoms with Crippen LogP contribution >= 0.6 is 0 Å². The molecule has 0 radical (unpaired) electrons. The van der Waals surface area contributed by atoms with Gasteiger partial charge in [-0.25, -0.2) is 4.79 Å². The summed E-state index contributed by atoms with van der Waals surface area (Å²) in [5.74, 6) is -1.37. The van der Waals surface area contributed by atoms with Crippen LogP contribution in [-0.2, 0) is 9.59 Å². The highest BCUT2D eigenvalue weighted by molar-refractivity contribution is 5.94. The van der Waals surface area contributed by atoms with Gasteiger partial charge in [0.15, 0.2) is 0 Å². The molecule has 1 N–H and O–H groups in total. The Balaban J connectivity index is 2.13. The molecule has 0 bridgehead atoms. The highest BCUT2D eigenvalue weighted by atomic mass is 16.4. The van der Waals surface area contributed by atoms with Crippen LogP contribution in [0.5, 0.6) is 0 Å². The minimum absolute atomic E-state index is 0.00430. The molecule has 2 heterocycles. The van der Waals surface area contributed by atoms with E-state index in [1.165, 1.54) is 0 Å². The van der Waals surface area contributed by atoms with Gasteiger partial charge in [0.1, 0.15) is 0 Å². The summed E-state index contributed by atoms with van der Waals surface area (Å²) in [5.41, 5.74) is 0.993. The van der Waals surface area contributed by atoms with E-state index < -0.39 is 5.97 Å². The first kappa shape index (κ1) is 12.3. The van der Waals surface area contributed by atoms with E-state index >= 15 is 0 Å². The molecule has 1 atom stereocenters. The average Bonchev–Trinajstić information content (AvgIpc) is 2.86. The maximum absolute atomic E-state index is 11.9. The summed E-state index contributed by atoms with van der Waals surface area (Å²) in [6, 6.07) is 3.78. The van der Waals surface area contributed by atoms with E-state index in [0.717, 1.165) is 30.6 Å². The second-order valence-corrected chi connectivity index (χ2v) is 4.15. The molecule has 5 heteroatoms. The van der Waals surface area contributed by atoms with Crippen LogP contribution in [0.1, 0.15) is 24.4 Å². The number of carboxylic acid groups (broad SMARTS) is 1. The molecule has 1 saturated heterocycles. The van der Waals surface area contributed by atoms with Crippen LogP contribution in [0.3, 0.4) is 0 Å². The van der Waals surface area contributed by atoms with Gasteiger partial charge in [-0.2, -0.15) is 0 Å². The van der Waals surface area contributed by atoms with Crippen molar-refractivity contribution >= 4 is 11.9 Å². The molecule has 18 heavy (non-hydrogen) atoms. The van der Waals surface area contributed by atoms with Crippen LogP contribution in [0.25, 0.3) is 0 Å². The van der Waals surface area contributed by atoms with Gasteiger partial charge < -0.3 is 10.0 Å². The zero-order chi connectivity index (χ0) is 13.0. The number of carboxylic acids is 1. The van der Waals surface area contributed by atoms with Crippen molar-refractivity contribution in [2.75, 3.05) is 6.54 Å². The molecular formula is C13H14N2O3.